The maximum atomic E-state index is 11.3. The fraction of sp³-hybridized carbons (Fsp3) is 0.438. The van der Waals surface area contributed by atoms with Gasteiger partial charge in [0.1, 0.15) is 0 Å². The molecular formula is C16H19NO. The Bertz CT molecular complexity index is 508. The molecule has 0 saturated carbocycles. The molecule has 0 radical (unpaired) electrons. The van der Waals surface area contributed by atoms with Crippen molar-refractivity contribution in [2.24, 2.45) is 0 Å². The molecule has 2 rings (SSSR count). The lowest BCUT2D eigenvalue weighted by molar-refractivity contribution is -0.116. The molecule has 0 heterocycles. The molecule has 0 fully saturated rings. The van der Waals surface area contributed by atoms with E-state index in [9.17, 15) is 4.79 Å². The Morgan fingerprint density at radius 2 is 2.17 bits per heavy atom. The van der Waals surface area contributed by atoms with E-state index in [1.54, 1.807) is 6.92 Å². The van der Waals surface area contributed by atoms with Crippen LogP contribution in [0.1, 0.15) is 37.0 Å². The summed E-state index contributed by atoms with van der Waals surface area (Å²) in [5.41, 5.74) is 4.28. The van der Waals surface area contributed by atoms with Crippen molar-refractivity contribution < 1.29 is 4.79 Å². The molecule has 0 saturated heterocycles. The molecule has 1 aliphatic carbocycles. The van der Waals surface area contributed by atoms with Crippen molar-refractivity contribution in [3.05, 3.63) is 34.9 Å². The third kappa shape index (κ3) is 3.13. The first kappa shape index (κ1) is 12.7. The van der Waals surface area contributed by atoms with Gasteiger partial charge in [-0.1, -0.05) is 24.1 Å². The number of rotatable bonds is 3. The van der Waals surface area contributed by atoms with Gasteiger partial charge in [-0.15, -0.1) is 0 Å². The van der Waals surface area contributed by atoms with E-state index in [2.05, 4.69) is 35.4 Å². The zero-order chi connectivity index (χ0) is 13.0. The standard InChI is InChI=1S/C16H19NO/c1-3-5-16(18)17-12(2)10-13-8-9-14-6-4-7-15(14)11-13/h8-9,11-12H,4,6-7,10H2,1-2H3,(H,17,18)/t12-/m1/s1. The predicted molar refractivity (Wildman–Crippen MR) is 73.2 cm³/mol. The Morgan fingerprint density at radius 3 is 2.94 bits per heavy atom. The number of carbonyl (C=O) groups excluding carboxylic acids is 1. The number of amides is 1. The van der Waals surface area contributed by atoms with Crippen LogP contribution in [0.2, 0.25) is 0 Å². The van der Waals surface area contributed by atoms with E-state index in [1.165, 1.54) is 36.0 Å². The van der Waals surface area contributed by atoms with E-state index in [4.69, 9.17) is 0 Å². The van der Waals surface area contributed by atoms with Crippen molar-refractivity contribution in [1.82, 2.24) is 5.32 Å². The molecule has 0 aliphatic heterocycles. The fourth-order valence-corrected chi connectivity index (χ4v) is 2.53. The van der Waals surface area contributed by atoms with Crippen LogP contribution < -0.4 is 5.32 Å². The minimum absolute atomic E-state index is 0.123. The largest absolute Gasteiger partial charge is 0.342 e. The van der Waals surface area contributed by atoms with Crippen LogP contribution in [0.4, 0.5) is 0 Å². The van der Waals surface area contributed by atoms with Crippen LogP contribution in [0.3, 0.4) is 0 Å². The summed E-state index contributed by atoms with van der Waals surface area (Å²) in [4.78, 5) is 11.3. The van der Waals surface area contributed by atoms with Gasteiger partial charge in [0.05, 0.1) is 0 Å². The van der Waals surface area contributed by atoms with Gasteiger partial charge in [-0.05, 0) is 62.1 Å². The third-order valence-electron chi connectivity index (χ3n) is 3.32. The Labute approximate surface area is 109 Å². The average Bonchev–Trinajstić information content (AvgIpc) is 2.76. The van der Waals surface area contributed by atoms with E-state index < -0.39 is 0 Å². The SMILES string of the molecule is CC#CC(=O)N[C@H](C)Cc1ccc2c(c1)CCC2. The van der Waals surface area contributed by atoms with Crippen molar-refractivity contribution in [2.45, 2.75) is 45.6 Å². The monoisotopic (exact) mass is 241 g/mol. The third-order valence-corrected chi connectivity index (χ3v) is 3.32. The second-order valence-corrected chi connectivity index (χ2v) is 4.91. The van der Waals surface area contributed by atoms with Crippen molar-refractivity contribution in [2.75, 3.05) is 0 Å². The van der Waals surface area contributed by atoms with Gasteiger partial charge in [0.15, 0.2) is 0 Å². The summed E-state index contributed by atoms with van der Waals surface area (Å²) in [5.74, 6) is 4.92. The minimum Gasteiger partial charge on any atom is -0.342 e. The highest BCUT2D eigenvalue weighted by molar-refractivity contribution is 5.93. The van der Waals surface area contributed by atoms with Gasteiger partial charge in [0.2, 0.25) is 0 Å². The van der Waals surface area contributed by atoms with Gasteiger partial charge in [-0.25, -0.2) is 0 Å². The lowest BCUT2D eigenvalue weighted by Gasteiger charge is -2.12. The van der Waals surface area contributed by atoms with Crippen LogP contribution in [0.25, 0.3) is 0 Å². The van der Waals surface area contributed by atoms with E-state index in [-0.39, 0.29) is 11.9 Å². The topological polar surface area (TPSA) is 29.1 Å². The van der Waals surface area contributed by atoms with Gasteiger partial charge in [0.25, 0.3) is 5.91 Å². The van der Waals surface area contributed by atoms with Gasteiger partial charge in [-0.3, -0.25) is 4.79 Å². The van der Waals surface area contributed by atoms with Crippen molar-refractivity contribution in [3.8, 4) is 11.8 Å². The van der Waals surface area contributed by atoms with Crippen LogP contribution in [0.5, 0.6) is 0 Å². The quantitative estimate of drug-likeness (QED) is 0.808. The van der Waals surface area contributed by atoms with E-state index in [0.717, 1.165) is 6.42 Å². The number of hydrogen-bond donors (Lipinski definition) is 1. The zero-order valence-electron chi connectivity index (χ0n) is 11.0. The van der Waals surface area contributed by atoms with Crippen LogP contribution in [0, 0.1) is 11.8 Å². The van der Waals surface area contributed by atoms with Crippen molar-refractivity contribution in [1.29, 1.82) is 0 Å². The number of nitrogens with one attached hydrogen (secondary N) is 1. The Kier molecular flexibility index (Phi) is 4.04. The normalized spacial score (nSPS) is 14.3. The second-order valence-electron chi connectivity index (χ2n) is 4.91. The molecule has 1 amide bonds. The minimum atomic E-state index is -0.189. The molecule has 0 unspecified atom stereocenters. The molecule has 2 heteroatoms. The molecule has 1 atom stereocenters. The fourth-order valence-electron chi connectivity index (χ4n) is 2.53. The molecule has 94 valence electrons. The predicted octanol–water partition coefficient (Wildman–Crippen LogP) is 2.25. The van der Waals surface area contributed by atoms with E-state index in [0.29, 0.717) is 0 Å². The highest BCUT2D eigenvalue weighted by atomic mass is 16.1. The summed E-state index contributed by atoms with van der Waals surface area (Å²) < 4.78 is 0. The highest BCUT2D eigenvalue weighted by Crippen LogP contribution is 2.23. The number of hydrogen-bond acceptors (Lipinski definition) is 1. The van der Waals surface area contributed by atoms with Crippen LogP contribution >= 0.6 is 0 Å². The molecule has 18 heavy (non-hydrogen) atoms. The summed E-state index contributed by atoms with van der Waals surface area (Å²) in [7, 11) is 0. The maximum absolute atomic E-state index is 11.3. The first-order valence-electron chi connectivity index (χ1n) is 6.53. The summed E-state index contributed by atoms with van der Waals surface area (Å²) >= 11 is 0. The summed E-state index contributed by atoms with van der Waals surface area (Å²) in [6.45, 7) is 3.69. The first-order chi connectivity index (χ1) is 8.69. The lowest BCUT2D eigenvalue weighted by Crippen LogP contribution is -2.33. The van der Waals surface area contributed by atoms with Crippen LogP contribution in [0.15, 0.2) is 18.2 Å². The van der Waals surface area contributed by atoms with Crippen LogP contribution in [-0.2, 0) is 24.1 Å². The maximum Gasteiger partial charge on any atom is 0.296 e. The number of fused-ring (bicyclic) bond motifs is 1. The van der Waals surface area contributed by atoms with Crippen molar-refractivity contribution in [3.63, 3.8) is 0 Å². The summed E-state index contributed by atoms with van der Waals surface area (Å²) in [6, 6.07) is 6.82. The zero-order valence-corrected chi connectivity index (χ0v) is 11.0. The smallest absolute Gasteiger partial charge is 0.296 e. The van der Waals surface area contributed by atoms with Gasteiger partial charge >= 0.3 is 0 Å². The van der Waals surface area contributed by atoms with Crippen molar-refractivity contribution >= 4 is 5.91 Å². The highest BCUT2D eigenvalue weighted by Gasteiger charge is 2.12. The number of aryl methyl sites for hydroxylation is 2. The molecule has 2 nitrogen and oxygen atoms in total. The number of carbonyl (C=O) groups is 1. The second kappa shape index (κ2) is 5.73. The molecule has 0 bridgehead atoms. The molecule has 0 aromatic heterocycles. The van der Waals surface area contributed by atoms with Gasteiger partial charge < -0.3 is 5.32 Å². The Balaban J connectivity index is 1.96. The molecule has 0 spiro atoms. The Morgan fingerprint density at radius 1 is 1.39 bits per heavy atom. The molecule has 1 aromatic carbocycles. The van der Waals surface area contributed by atoms with E-state index >= 15 is 0 Å². The lowest BCUT2D eigenvalue weighted by atomic mass is 10.0. The summed E-state index contributed by atoms with van der Waals surface area (Å²) in [6.07, 6.45) is 4.56. The number of benzene rings is 1. The van der Waals surface area contributed by atoms with Gasteiger partial charge in [-0.2, -0.15) is 0 Å². The van der Waals surface area contributed by atoms with E-state index in [1.807, 2.05) is 6.92 Å². The summed E-state index contributed by atoms with van der Waals surface area (Å²) in [5, 5.41) is 2.88. The Hall–Kier alpha value is -1.75. The first-order valence-corrected chi connectivity index (χ1v) is 6.53. The molecule has 1 aromatic rings. The van der Waals surface area contributed by atoms with Gasteiger partial charge in [0, 0.05) is 6.04 Å². The molecule has 1 aliphatic rings. The van der Waals surface area contributed by atoms with Crippen LogP contribution in [-0.4, -0.2) is 11.9 Å². The molecule has 1 N–H and O–H groups in total. The molecular weight excluding hydrogens is 222 g/mol. The average molecular weight is 241 g/mol.